The van der Waals surface area contributed by atoms with Gasteiger partial charge in [0, 0.05) is 0 Å². The minimum Gasteiger partial charge on any atom is -0.285 e. The van der Waals surface area contributed by atoms with Crippen LogP contribution >= 0.6 is 0 Å². The summed E-state index contributed by atoms with van der Waals surface area (Å²) in [7, 11) is -3.98. The molecule has 0 aromatic heterocycles. The Kier molecular flexibility index (Phi) is 7.20. The van der Waals surface area contributed by atoms with Gasteiger partial charge in [-0.1, -0.05) is 77.0 Å². The molecule has 3 nitrogen and oxygen atoms in total. The Morgan fingerprint density at radius 3 is 1.41 bits per heavy atom. The predicted octanol–water partition coefficient (Wildman–Crippen LogP) is 5.50. The summed E-state index contributed by atoms with van der Waals surface area (Å²) < 4.78 is 34.2. The Morgan fingerprint density at radius 1 is 0.636 bits per heavy atom. The van der Waals surface area contributed by atoms with E-state index in [-0.39, 0.29) is 5.92 Å². The zero-order valence-electron chi connectivity index (χ0n) is 14.1. The van der Waals surface area contributed by atoms with Crippen molar-refractivity contribution in [1.82, 2.24) is 0 Å². The molecule has 1 N–H and O–H groups in total. The van der Waals surface area contributed by atoms with E-state index >= 15 is 0 Å². The van der Waals surface area contributed by atoms with E-state index < -0.39 is 14.9 Å². The molecule has 0 spiro atoms. The first kappa shape index (κ1) is 18.3. The van der Waals surface area contributed by atoms with Gasteiger partial charge in [-0.25, -0.2) is 0 Å². The number of rotatable bonds is 2. The van der Waals surface area contributed by atoms with E-state index in [1.807, 2.05) is 0 Å². The molecule has 2 saturated carbocycles. The largest absolute Gasteiger partial charge is 0.285 e. The highest BCUT2D eigenvalue weighted by Gasteiger charge is 2.47. The van der Waals surface area contributed by atoms with Gasteiger partial charge >= 0.3 is 0 Å². The molecule has 0 unspecified atom stereocenters. The highest BCUT2D eigenvalue weighted by atomic mass is 32.2. The molecular weight excluding hydrogens is 296 g/mol. The van der Waals surface area contributed by atoms with E-state index in [0.29, 0.717) is 12.8 Å². The van der Waals surface area contributed by atoms with Crippen LogP contribution in [0.25, 0.3) is 0 Å². The molecule has 0 bridgehead atoms. The lowest BCUT2D eigenvalue weighted by Crippen LogP contribution is -2.45. The lowest BCUT2D eigenvalue weighted by Gasteiger charge is -2.38. The first-order chi connectivity index (χ1) is 10.6. The van der Waals surface area contributed by atoms with Crippen molar-refractivity contribution in [2.24, 2.45) is 5.92 Å². The van der Waals surface area contributed by atoms with Gasteiger partial charge in [0.25, 0.3) is 10.1 Å². The summed E-state index contributed by atoms with van der Waals surface area (Å²) in [6.45, 7) is 0. The third kappa shape index (κ3) is 4.70. The van der Waals surface area contributed by atoms with E-state index in [1.54, 1.807) is 0 Å². The van der Waals surface area contributed by atoms with Crippen LogP contribution in [0.5, 0.6) is 0 Å². The van der Waals surface area contributed by atoms with E-state index in [0.717, 1.165) is 51.4 Å². The van der Waals surface area contributed by atoms with Gasteiger partial charge in [-0.05, 0) is 31.6 Å². The predicted molar refractivity (Wildman–Crippen MR) is 91.6 cm³/mol. The van der Waals surface area contributed by atoms with Crippen LogP contribution in [0.3, 0.4) is 0 Å². The molecule has 0 aromatic carbocycles. The fourth-order valence-corrected chi connectivity index (χ4v) is 6.18. The van der Waals surface area contributed by atoms with Crippen LogP contribution in [-0.4, -0.2) is 17.7 Å². The zero-order chi connectivity index (χ0) is 15.9. The van der Waals surface area contributed by atoms with Crippen molar-refractivity contribution in [3.05, 3.63) is 0 Å². The maximum absolute atomic E-state index is 12.4. The molecule has 2 fully saturated rings. The van der Waals surface area contributed by atoms with Crippen molar-refractivity contribution in [3.63, 3.8) is 0 Å². The second kappa shape index (κ2) is 8.68. The smallest absolute Gasteiger partial charge is 0.270 e. The Hall–Kier alpha value is -0.0900. The first-order valence-corrected chi connectivity index (χ1v) is 11.0. The summed E-state index contributed by atoms with van der Waals surface area (Å²) >= 11 is 0. The molecule has 0 aliphatic heterocycles. The summed E-state index contributed by atoms with van der Waals surface area (Å²) in [4.78, 5) is 0. The van der Waals surface area contributed by atoms with E-state index in [4.69, 9.17) is 0 Å². The maximum atomic E-state index is 12.4. The number of hydrogen-bond acceptors (Lipinski definition) is 2. The molecule has 4 heteroatoms. The van der Waals surface area contributed by atoms with Crippen LogP contribution in [0, 0.1) is 5.92 Å². The Balaban J connectivity index is 2.24. The molecule has 130 valence electrons. The molecule has 2 aliphatic carbocycles. The average Bonchev–Trinajstić information content (AvgIpc) is 2.68. The van der Waals surface area contributed by atoms with Gasteiger partial charge in [0.05, 0.1) is 0 Å². The van der Waals surface area contributed by atoms with Crippen molar-refractivity contribution in [1.29, 1.82) is 0 Å². The Morgan fingerprint density at radius 2 is 1.00 bits per heavy atom. The van der Waals surface area contributed by atoms with Gasteiger partial charge in [0.2, 0.25) is 0 Å². The summed E-state index contributed by atoms with van der Waals surface area (Å²) in [6, 6.07) is 0. The standard InChI is InChI=1S/C18H34O3S/c19-22(20,21)18(15-11-7-3-4-8-12-16-18)17-13-9-5-1-2-6-10-14-17/h17H,1-16H2,(H,19,20,21). The topological polar surface area (TPSA) is 54.4 Å². The second-order valence-electron chi connectivity index (χ2n) is 7.56. The van der Waals surface area contributed by atoms with Gasteiger partial charge in [-0.2, -0.15) is 8.42 Å². The third-order valence-corrected chi connectivity index (χ3v) is 7.83. The molecule has 0 atom stereocenters. The molecule has 22 heavy (non-hydrogen) atoms. The fourth-order valence-electron chi connectivity index (χ4n) is 4.72. The Labute approximate surface area is 137 Å². The second-order valence-corrected chi connectivity index (χ2v) is 9.32. The average molecular weight is 331 g/mol. The van der Waals surface area contributed by atoms with Crippen molar-refractivity contribution in [3.8, 4) is 0 Å². The lowest BCUT2D eigenvalue weighted by atomic mass is 9.78. The summed E-state index contributed by atoms with van der Waals surface area (Å²) in [5.41, 5.74) is 0. The third-order valence-electron chi connectivity index (χ3n) is 6.06. The molecule has 2 aliphatic rings. The lowest BCUT2D eigenvalue weighted by molar-refractivity contribution is 0.250. The summed E-state index contributed by atoms with van der Waals surface area (Å²) in [5.74, 6) is 0.165. The zero-order valence-corrected chi connectivity index (χ0v) is 14.9. The van der Waals surface area contributed by atoms with Crippen LogP contribution in [0.2, 0.25) is 0 Å². The minimum absolute atomic E-state index is 0.165. The van der Waals surface area contributed by atoms with E-state index in [2.05, 4.69) is 0 Å². The maximum Gasteiger partial charge on any atom is 0.270 e. The molecular formula is C18H34O3S. The van der Waals surface area contributed by atoms with Crippen LogP contribution < -0.4 is 0 Å². The minimum atomic E-state index is -3.98. The molecule has 0 radical (unpaired) electrons. The highest BCUT2D eigenvalue weighted by Crippen LogP contribution is 2.43. The molecule has 0 aromatic rings. The molecule has 0 saturated heterocycles. The normalized spacial score (nSPS) is 26.8. The van der Waals surface area contributed by atoms with Gasteiger partial charge in [-0.15, -0.1) is 0 Å². The highest BCUT2D eigenvalue weighted by molar-refractivity contribution is 7.87. The number of hydrogen-bond donors (Lipinski definition) is 1. The summed E-state index contributed by atoms with van der Waals surface area (Å²) in [5, 5.41) is 0. The van der Waals surface area contributed by atoms with Crippen LogP contribution in [-0.2, 0) is 10.1 Å². The van der Waals surface area contributed by atoms with Gasteiger partial charge in [0.15, 0.2) is 0 Å². The van der Waals surface area contributed by atoms with Crippen LogP contribution in [0.1, 0.15) is 103 Å². The quantitative estimate of drug-likeness (QED) is 0.680. The van der Waals surface area contributed by atoms with Crippen LogP contribution in [0.15, 0.2) is 0 Å². The van der Waals surface area contributed by atoms with Crippen molar-refractivity contribution in [2.45, 2.75) is 107 Å². The fraction of sp³-hybridized carbons (Fsp3) is 1.00. The van der Waals surface area contributed by atoms with Crippen LogP contribution in [0.4, 0.5) is 0 Å². The van der Waals surface area contributed by atoms with E-state index in [9.17, 15) is 13.0 Å². The van der Waals surface area contributed by atoms with Gasteiger partial charge in [0.1, 0.15) is 4.75 Å². The van der Waals surface area contributed by atoms with Crippen molar-refractivity contribution >= 4 is 10.1 Å². The van der Waals surface area contributed by atoms with Crippen molar-refractivity contribution in [2.75, 3.05) is 0 Å². The Bertz CT molecular complexity index is 396. The van der Waals surface area contributed by atoms with Gasteiger partial charge in [-0.3, -0.25) is 4.55 Å². The molecule has 0 heterocycles. The van der Waals surface area contributed by atoms with Gasteiger partial charge < -0.3 is 0 Å². The monoisotopic (exact) mass is 330 g/mol. The van der Waals surface area contributed by atoms with Crippen molar-refractivity contribution < 1.29 is 13.0 Å². The SMILES string of the molecule is O=S(=O)(O)C1(C2CCCCCCCC2)CCCCCCCC1. The van der Waals surface area contributed by atoms with E-state index in [1.165, 1.54) is 38.5 Å². The summed E-state index contributed by atoms with van der Waals surface area (Å²) in [6.07, 6.45) is 17.2. The first-order valence-electron chi connectivity index (χ1n) is 9.53. The molecule has 2 rings (SSSR count). The molecule has 0 amide bonds.